The number of carbonyl (C=O) groups is 1. The van der Waals surface area contributed by atoms with Crippen LogP contribution < -0.4 is 0 Å². The molecule has 1 nitrogen and oxygen atoms in total. The molecule has 1 aromatic carbocycles. The van der Waals surface area contributed by atoms with E-state index in [4.69, 9.17) is 0 Å². The normalized spacial score (nSPS) is 12.6. The van der Waals surface area contributed by atoms with Crippen molar-refractivity contribution in [2.45, 2.75) is 11.6 Å². The first-order chi connectivity index (χ1) is 7.53. The summed E-state index contributed by atoms with van der Waals surface area (Å²) in [5, 5.41) is -4.33. The minimum atomic E-state index is -5.08. The highest BCUT2D eigenvalue weighted by Crippen LogP contribution is 2.33. The maximum atomic E-state index is 12.8. The van der Waals surface area contributed by atoms with Crippen molar-refractivity contribution < 1.29 is 31.1 Å². The molecule has 0 aliphatic carbocycles. The fraction of sp³-hybridized carbons (Fsp3) is 0.222. The highest BCUT2D eigenvalue weighted by molar-refractivity contribution is 6.35. The number of rotatable bonds is 2. The fourth-order valence-electron chi connectivity index (χ4n) is 1.05. The van der Waals surface area contributed by atoms with Crippen molar-refractivity contribution in [2.75, 3.05) is 0 Å². The Balaban J connectivity index is 3.28. The first-order valence-corrected chi connectivity index (χ1v) is 4.39. The van der Waals surface area contributed by atoms with Gasteiger partial charge in [0, 0.05) is 5.56 Å². The molecule has 0 aliphatic heterocycles. The number of benzene rings is 1. The fourth-order valence-corrected chi connectivity index (χ4v) is 1.16. The van der Waals surface area contributed by atoms with Crippen molar-refractivity contribution in [1.29, 1.82) is 0 Å². The molecule has 0 atom stereocenters. The molecule has 17 heavy (non-hydrogen) atoms. The highest BCUT2D eigenvalue weighted by Gasteiger charge is 2.39. The average Bonchev–Trinajstić information content (AvgIpc) is 2.14. The largest absolute Gasteiger partial charge is 0.419 e. The van der Waals surface area contributed by atoms with Gasteiger partial charge in [-0.3, -0.25) is 4.79 Å². The van der Waals surface area contributed by atoms with E-state index in [0.717, 1.165) is 0 Å². The number of Topliss-reactive ketones (excluding diaryl/α,β-unsaturated/α-hetero) is 1. The average molecular weight is 277 g/mol. The Hall–Kier alpha value is -1.24. The van der Waals surface area contributed by atoms with Crippen molar-refractivity contribution >= 4 is 17.4 Å². The Morgan fingerprint density at radius 1 is 1.12 bits per heavy atom. The lowest BCUT2D eigenvalue weighted by Crippen LogP contribution is -2.22. The molecular weight excluding hydrogens is 274 g/mol. The minimum absolute atomic E-state index is 0.00600. The Morgan fingerprint density at radius 2 is 1.65 bits per heavy atom. The van der Waals surface area contributed by atoms with E-state index in [1.54, 1.807) is 0 Å². The van der Waals surface area contributed by atoms with Crippen molar-refractivity contribution in [1.82, 2.24) is 0 Å². The molecule has 8 heteroatoms. The first-order valence-electron chi connectivity index (χ1n) is 4.02. The van der Waals surface area contributed by atoms with Gasteiger partial charge in [-0.2, -0.15) is 22.0 Å². The van der Waals surface area contributed by atoms with Crippen molar-refractivity contribution in [3.8, 4) is 0 Å². The van der Waals surface area contributed by atoms with Gasteiger partial charge >= 0.3 is 11.6 Å². The number of ketones is 1. The van der Waals surface area contributed by atoms with Gasteiger partial charge in [-0.25, -0.2) is 4.39 Å². The quantitative estimate of drug-likeness (QED) is 0.455. The minimum Gasteiger partial charge on any atom is -0.286 e. The number of halogens is 7. The van der Waals surface area contributed by atoms with Crippen LogP contribution in [0.15, 0.2) is 18.2 Å². The van der Waals surface area contributed by atoms with Gasteiger partial charge in [0.05, 0.1) is 5.56 Å². The van der Waals surface area contributed by atoms with Gasteiger partial charge in [-0.05, 0) is 29.8 Å². The lowest BCUT2D eigenvalue weighted by atomic mass is 10.1. The summed E-state index contributed by atoms with van der Waals surface area (Å²) in [5.41, 5.74) is -2.82. The number of alkyl halides is 6. The zero-order valence-electron chi connectivity index (χ0n) is 7.79. The van der Waals surface area contributed by atoms with Gasteiger partial charge < -0.3 is 0 Å². The van der Waals surface area contributed by atoms with Crippen LogP contribution in [0.1, 0.15) is 15.9 Å². The lowest BCUT2D eigenvalue weighted by molar-refractivity contribution is -0.140. The molecule has 0 spiro atoms. The third-order valence-electron chi connectivity index (χ3n) is 1.79. The predicted octanol–water partition coefficient (Wildman–Crippen LogP) is 3.86. The van der Waals surface area contributed by atoms with Gasteiger partial charge in [0.2, 0.25) is 5.78 Å². The second-order valence-electron chi connectivity index (χ2n) is 3.02. The zero-order chi connectivity index (χ0) is 13.4. The molecular formula is C9H3ClF6O. The molecule has 0 unspecified atom stereocenters. The number of hydrogen-bond acceptors (Lipinski definition) is 1. The molecule has 1 aromatic rings. The van der Waals surface area contributed by atoms with Crippen molar-refractivity contribution in [3.05, 3.63) is 35.1 Å². The molecule has 0 N–H and O–H groups in total. The Kier molecular flexibility index (Phi) is 3.42. The van der Waals surface area contributed by atoms with Crippen LogP contribution in [0.5, 0.6) is 0 Å². The maximum Gasteiger partial charge on any atom is 0.419 e. The summed E-state index contributed by atoms with van der Waals surface area (Å²) < 4.78 is 74.2. The van der Waals surface area contributed by atoms with Gasteiger partial charge in [0.1, 0.15) is 5.82 Å². The predicted molar refractivity (Wildman–Crippen MR) is 46.5 cm³/mol. The molecule has 0 aliphatic rings. The van der Waals surface area contributed by atoms with Crippen LogP contribution in [-0.4, -0.2) is 11.2 Å². The molecule has 0 amide bonds. The monoisotopic (exact) mass is 276 g/mol. The molecule has 94 valence electrons. The Labute approximate surface area is 96.0 Å². The molecule has 1 rings (SSSR count). The summed E-state index contributed by atoms with van der Waals surface area (Å²) in [7, 11) is 0. The standard InChI is InChI=1S/C9H3ClF6O/c10-8(12,13)7(17)4-1-2-6(11)5(3-4)9(14,15)16/h1-3H. The molecule has 0 radical (unpaired) electrons. The molecule has 0 aromatic heterocycles. The van der Waals surface area contributed by atoms with Crippen LogP contribution in [0.3, 0.4) is 0 Å². The lowest BCUT2D eigenvalue weighted by Gasteiger charge is -2.11. The van der Waals surface area contributed by atoms with Crippen molar-refractivity contribution in [3.63, 3.8) is 0 Å². The molecule has 0 fully saturated rings. The second-order valence-corrected chi connectivity index (χ2v) is 3.49. The number of hydrogen-bond donors (Lipinski definition) is 0. The summed E-state index contributed by atoms with van der Waals surface area (Å²) in [6.07, 6.45) is -5.08. The summed E-state index contributed by atoms with van der Waals surface area (Å²) in [5.74, 6) is -3.68. The van der Waals surface area contributed by atoms with Crippen LogP contribution in [0.2, 0.25) is 0 Å². The highest BCUT2D eigenvalue weighted by atomic mass is 35.5. The van der Waals surface area contributed by atoms with E-state index < -0.39 is 34.3 Å². The van der Waals surface area contributed by atoms with Gasteiger partial charge in [0.25, 0.3) is 0 Å². The third-order valence-corrected chi connectivity index (χ3v) is 1.96. The summed E-state index contributed by atoms with van der Waals surface area (Å²) >= 11 is 4.37. The van der Waals surface area contributed by atoms with E-state index in [-0.39, 0.29) is 12.1 Å². The van der Waals surface area contributed by atoms with Crippen LogP contribution in [0.25, 0.3) is 0 Å². The zero-order valence-corrected chi connectivity index (χ0v) is 8.54. The molecule has 0 heterocycles. The molecule has 0 saturated carbocycles. The summed E-state index contributed by atoms with van der Waals surface area (Å²) in [6.45, 7) is 0. The van der Waals surface area contributed by atoms with E-state index >= 15 is 0 Å². The van der Waals surface area contributed by atoms with E-state index in [1.807, 2.05) is 0 Å². The maximum absolute atomic E-state index is 12.8. The van der Waals surface area contributed by atoms with E-state index in [1.165, 1.54) is 0 Å². The SMILES string of the molecule is O=C(c1ccc(F)c(C(F)(F)F)c1)C(F)(F)Cl. The van der Waals surface area contributed by atoms with Gasteiger partial charge in [-0.15, -0.1) is 0 Å². The van der Waals surface area contributed by atoms with E-state index in [9.17, 15) is 31.1 Å². The van der Waals surface area contributed by atoms with Crippen LogP contribution in [0, 0.1) is 5.82 Å². The number of carbonyl (C=O) groups excluding carboxylic acids is 1. The van der Waals surface area contributed by atoms with Gasteiger partial charge in [0.15, 0.2) is 0 Å². The van der Waals surface area contributed by atoms with E-state index in [2.05, 4.69) is 11.6 Å². The topological polar surface area (TPSA) is 17.1 Å². The summed E-state index contributed by atoms with van der Waals surface area (Å²) in [4.78, 5) is 10.9. The van der Waals surface area contributed by atoms with E-state index in [0.29, 0.717) is 6.07 Å². The first kappa shape index (κ1) is 13.8. The van der Waals surface area contributed by atoms with Gasteiger partial charge in [-0.1, -0.05) is 0 Å². The second kappa shape index (κ2) is 4.21. The van der Waals surface area contributed by atoms with Crippen LogP contribution in [-0.2, 0) is 6.18 Å². The third kappa shape index (κ3) is 3.12. The van der Waals surface area contributed by atoms with Crippen molar-refractivity contribution in [2.24, 2.45) is 0 Å². The molecule has 0 bridgehead atoms. The van der Waals surface area contributed by atoms with Crippen LogP contribution in [0.4, 0.5) is 26.3 Å². The Bertz CT molecular complexity index is 448. The smallest absolute Gasteiger partial charge is 0.286 e. The Morgan fingerprint density at radius 3 is 2.06 bits per heavy atom. The summed E-state index contributed by atoms with van der Waals surface area (Å²) in [6, 6.07) is 0.774. The van der Waals surface area contributed by atoms with Crippen LogP contribution >= 0.6 is 11.6 Å². The molecule has 0 saturated heterocycles.